The van der Waals surface area contributed by atoms with Gasteiger partial charge in [0.15, 0.2) is 0 Å². The average molecular weight is 351 g/mol. The first-order chi connectivity index (χ1) is 12.5. The van der Waals surface area contributed by atoms with Crippen molar-refractivity contribution in [1.82, 2.24) is 0 Å². The van der Waals surface area contributed by atoms with E-state index >= 15 is 0 Å². The lowest BCUT2D eigenvalue weighted by molar-refractivity contribution is -0.121. The molecule has 0 saturated carbocycles. The molecule has 3 rings (SSSR count). The summed E-state index contributed by atoms with van der Waals surface area (Å²) in [6.45, 7) is 1.80. The number of carbonyl (C=O) groups is 3. The largest absolute Gasteiger partial charge is 0.325 e. The van der Waals surface area contributed by atoms with Crippen LogP contribution in [0.15, 0.2) is 48.5 Å². The maximum atomic E-state index is 12.3. The Morgan fingerprint density at radius 1 is 1.12 bits per heavy atom. The molecule has 134 valence electrons. The Morgan fingerprint density at radius 3 is 2.38 bits per heavy atom. The molecule has 26 heavy (non-hydrogen) atoms. The van der Waals surface area contributed by atoms with E-state index in [2.05, 4.69) is 5.32 Å². The fourth-order valence-corrected chi connectivity index (χ4v) is 3.03. The number of hydrogen-bond acceptors (Lipinski definition) is 4. The topological polar surface area (TPSA) is 92.5 Å². The van der Waals surface area contributed by atoms with Crippen molar-refractivity contribution in [2.75, 3.05) is 10.2 Å². The summed E-state index contributed by atoms with van der Waals surface area (Å²) >= 11 is 0. The van der Waals surface area contributed by atoms with E-state index in [9.17, 15) is 14.4 Å². The van der Waals surface area contributed by atoms with Crippen molar-refractivity contribution in [3.63, 3.8) is 0 Å². The SMILES string of the molecule is Cc1cc(NC(=O)[C@@H](N)Cc2ccccc2)ccc1N1C(=O)CCC1=O. The van der Waals surface area contributed by atoms with Crippen LogP contribution in [0.5, 0.6) is 0 Å². The quantitative estimate of drug-likeness (QED) is 0.808. The highest BCUT2D eigenvalue weighted by Crippen LogP contribution is 2.28. The van der Waals surface area contributed by atoms with Crippen LogP contribution in [0.1, 0.15) is 24.0 Å². The highest BCUT2D eigenvalue weighted by Gasteiger charge is 2.31. The van der Waals surface area contributed by atoms with Crippen molar-refractivity contribution in [2.24, 2.45) is 5.73 Å². The Morgan fingerprint density at radius 2 is 1.77 bits per heavy atom. The zero-order valence-corrected chi connectivity index (χ0v) is 14.6. The van der Waals surface area contributed by atoms with Gasteiger partial charge in [-0.3, -0.25) is 19.3 Å². The van der Waals surface area contributed by atoms with Gasteiger partial charge in [0.25, 0.3) is 0 Å². The Hall–Kier alpha value is -2.99. The van der Waals surface area contributed by atoms with Crippen LogP contribution in [0.2, 0.25) is 0 Å². The minimum absolute atomic E-state index is 0.195. The molecule has 6 nitrogen and oxygen atoms in total. The molecule has 1 saturated heterocycles. The van der Waals surface area contributed by atoms with Crippen LogP contribution in [-0.2, 0) is 20.8 Å². The van der Waals surface area contributed by atoms with Crippen LogP contribution in [0.25, 0.3) is 0 Å². The number of rotatable bonds is 5. The van der Waals surface area contributed by atoms with Gasteiger partial charge in [-0.25, -0.2) is 0 Å². The van der Waals surface area contributed by atoms with Gasteiger partial charge in [0.05, 0.1) is 11.7 Å². The number of carbonyl (C=O) groups excluding carboxylic acids is 3. The molecular formula is C20H21N3O3. The zero-order chi connectivity index (χ0) is 18.7. The number of nitrogens with zero attached hydrogens (tertiary/aromatic N) is 1. The lowest BCUT2D eigenvalue weighted by Crippen LogP contribution is -2.37. The van der Waals surface area contributed by atoms with E-state index in [1.165, 1.54) is 4.90 Å². The fourth-order valence-electron chi connectivity index (χ4n) is 3.03. The molecule has 2 aromatic carbocycles. The molecular weight excluding hydrogens is 330 g/mol. The van der Waals surface area contributed by atoms with Gasteiger partial charge in [-0.15, -0.1) is 0 Å². The van der Waals surface area contributed by atoms with Gasteiger partial charge in [0.1, 0.15) is 0 Å². The molecule has 0 bridgehead atoms. The first kappa shape index (κ1) is 17.8. The predicted molar refractivity (Wildman–Crippen MR) is 99.7 cm³/mol. The monoisotopic (exact) mass is 351 g/mol. The second kappa shape index (κ2) is 7.49. The van der Waals surface area contributed by atoms with E-state index in [4.69, 9.17) is 5.73 Å². The maximum absolute atomic E-state index is 12.3. The zero-order valence-electron chi connectivity index (χ0n) is 14.6. The number of nitrogens with one attached hydrogen (secondary N) is 1. The number of hydrogen-bond donors (Lipinski definition) is 2. The van der Waals surface area contributed by atoms with Crippen LogP contribution >= 0.6 is 0 Å². The van der Waals surface area contributed by atoms with Gasteiger partial charge in [0.2, 0.25) is 17.7 Å². The van der Waals surface area contributed by atoms with Crippen molar-refractivity contribution in [3.8, 4) is 0 Å². The molecule has 1 aliphatic rings. The van der Waals surface area contributed by atoms with Crippen molar-refractivity contribution >= 4 is 29.1 Å². The second-order valence-electron chi connectivity index (χ2n) is 6.41. The van der Waals surface area contributed by atoms with Crippen molar-refractivity contribution in [1.29, 1.82) is 0 Å². The van der Waals surface area contributed by atoms with E-state index in [1.54, 1.807) is 25.1 Å². The predicted octanol–water partition coefficient (Wildman–Crippen LogP) is 2.16. The van der Waals surface area contributed by atoms with Crippen molar-refractivity contribution in [2.45, 2.75) is 32.2 Å². The fraction of sp³-hybridized carbons (Fsp3) is 0.250. The maximum Gasteiger partial charge on any atom is 0.241 e. The van der Waals surface area contributed by atoms with Gasteiger partial charge in [-0.1, -0.05) is 30.3 Å². The molecule has 1 atom stereocenters. The Labute approximate surface area is 152 Å². The van der Waals surface area contributed by atoms with Gasteiger partial charge < -0.3 is 11.1 Å². The van der Waals surface area contributed by atoms with Gasteiger partial charge in [-0.05, 0) is 42.7 Å². The minimum atomic E-state index is -0.667. The molecule has 0 radical (unpaired) electrons. The molecule has 0 unspecified atom stereocenters. The lowest BCUT2D eigenvalue weighted by atomic mass is 10.1. The van der Waals surface area contributed by atoms with Crippen molar-refractivity contribution < 1.29 is 14.4 Å². The third kappa shape index (κ3) is 3.81. The number of amides is 3. The summed E-state index contributed by atoms with van der Waals surface area (Å²) < 4.78 is 0. The molecule has 0 spiro atoms. The second-order valence-corrected chi connectivity index (χ2v) is 6.41. The number of nitrogens with two attached hydrogens (primary N) is 1. The molecule has 1 aliphatic heterocycles. The van der Waals surface area contributed by atoms with E-state index in [1.807, 2.05) is 30.3 Å². The normalized spacial score (nSPS) is 15.2. The molecule has 3 amide bonds. The lowest BCUT2D eigenvalue weighted by Gasteiger charge is -2.18. The molecule has 3 N–H and O–H groups in total. The van der Waals surface area contributed by atoms with Crippen LogP contribution in [0.3, 0.4) is 0 Å². The summed E-state index contributed by atoms with van der Waals surface area (Å²) in [6, 6.07) is 14.0. The minimum Gasteiger partial charge on any atom is -0.325 e. The first-order valence-corrected chi connectivity index (χ1v) is 8.52. The highest BCUT2D eigenvalue weighted by atomic mass is 16.2. The summed E-state index contributed by atoms with van der Waals surface area (Å²) in [4.78, 5) is 37.3. The summed E-state index contributed by atoms with van der Waals surface area (Å²) in [5.74, 6) is -0.672. The van der Waals surface area contributed by atoms with Crippen LogP contribution in [-0.4, -0.2) is 23.8 Å². The van der Waals surface area contributed by atoms with Crippen molar-refractivity contribution in [3.05, 3.63) is 59.7 Å². The molecule has 0 aromatic heterocycles. The Kier molecular flexibility index (Phi) is 5.14. The van der Waals surface area contributed by atoms with Gasteiger partial charge in [0, 0.05) is 18.5 Å². The first-order valence-electron chi connectivity index (χ1n) is 8.52. The van der Waals surface area contributed by atoms with Gasteiger partial charge in [-0.2, -0.15) is 0 Å². The molecule has 6 heteroatoms. The van der Waals surface area contributed by atoms with Gasteiger partial charge >= 0.3 is 0 Å². The van der Waals surface area contributed by atoms with E-state index in [0.717, 1.165) is 11.1 Å². The number of imide groups is 1. The van der Waals surface area contributed by atoms with Crippen LogP contribution < -0.4 is 16.0 Å². The molecule has 0 aliphatic carbocycles. The average Bonchev–Trinajstić information content (AvgIpc) is 2.95. The van der Waals surface area contributed by atoms with E-state index < -0.39 is 6.04 Å². The van der Waals surface area contributed by atoms with Crippen LogP contribution in [0, 0.1) is 6.92 Å². The van der Waals surface area contributed by atoms with E-state index in [-0.39, 0.29) is 30.6 Å². The molecule has 1 fully saturated rings. The highest BCUT2D eigenvalue weighted by molar-refractivity contribution is 6.20. The summed E-state index contributed by atoms with van der Waals surface area (Å²) in [5, 5.41) is 2.79. The van der Waals surface area contributed by atoms with E-state index in [0.29, 0.717) is 17.8 Å². The summed E-state index contributed by atoms with van der Waals surface area (Å²) in [7, 11) is 0. The smallest absolute Gasteiger partial charge is 0.241 e. The standard InChI is InChI=1S/C20H21N3O3/c1-13-11-15(7-8-17(13)23-18(24)9-10-19(23)25)22-20(26)16(21)12-14-5-3-2-4-6-14/h2-8,11,16H,9-10,12,21H2,1H3,(H,22,26)/t16-/m0/s1. The third-order valence-electron chi connectivity index (χ3n) is 4.39. The third-order valence-corrected chi connectivity index (χ3v) is 4.39. The number of aryl methyl sites for hydroxylation is 1. The molecule has 2 aromatic rings. The summed E-state index contributed by atoms with van der Waals surface area (Å²) in [6.07, 6.45) is 0.927. The Bertz CT molecular complexity index is 833. The number of benzene rings is 2. The van der Waals surface area contributed by atoms with Crippen LogP contribution in [0.4, 0.5) is 11.4 Å². The Balaban J connectivity index is 1.68. The number of anilines is 2. The molecule has 1 heterocycles. The summed E-state index contributed by atoms with van der Waals surface area (Å²) in [5.41, 5.74) is 8.87.